The van der Waals surface area contributed by atoms with E-state index in [1.165, 1.54) is 18.2 Å². The van der Waals surface area contributed by atoms with Gasteiger partial charge in [0.1, 0.15) is 5.69 Å². The van der Waals surface area contributed by atoms with E-state index in [-0.39, 0.29) is 23.7 Å². The van der Waals surface area contributed by atoms with Gasteiger partial charge in [0.15, 0.2) is 0 Å². The number of benzene rings is 1. The molecule has 0 fully saturated rings. The van der Waals surface area contributed by atoms with Crippen LogP contribution in [0.2, 0.25) is 0 Å². The van der Waals surface area contributed by atoms with E-state index in [1.54, 1.807) is 13.0 Å². The molecular weight excluding hydrogens is 198 g/mol. The first-order chi connectivity index (χ1) is 7.07. The molecule has 1 aromatic carbocycles. The fourth-order valence-electron chi connectivity index (χ4n) is 1.13. The van der Waals surface area contributed by atoms with Gasteiger partial charge in [-0.2, -0.15) is 0 Å². The number of nitrogens with two attached hydrogens (primary N) is 1. The minimum Gasteiger partial charge on any atom is -0.273 e. The summed E-state index contributed by atoms with van der Waals surface area (Å²) < 4.78 is 0. The summed E-state index contributed by atoms with van der Waals surface area (Å²) in [6.07, 6.45) is 0.197. The first kappa shape index (κ1) is 11.1. The lowest BCUT2D eigenvalue weighted by molar-refractivity contribution is -0.384. The van der Waals surface area contributed by atoms with Gasteiger partial charge in [-0.3, -0.25) is 14.9 Å². The van der Waals surface area contributed by atoms with Crippen LogP contribution in [0.1, 0.15) is 13.3 Å². The van der Waals surface area contributed by atoms with Crippen molar-refractivity contribution in [2.75, 3.05) is 5.01 Å². The van der Waals surface area contributed by atoms with Crippen LogP contribution in [0.25, 0.3) is 0 Å². The fraction of sp³-hybridized carbons (Fsp3) is 0.222. The second-order valence-corrected chi connectivity index (χ2v) is 2.86. The monoisotopic (exact) mass is 209 g/mol. The van der Waals surface area contributed by atoms with Gasteiger partial charge in [-0.1, -0.05) is 19.1 Å². The number of rotatable bonds is 3. The lowest BCUT2D eigenvalue weighted by Crippen LogP contribution is -2.37. The Morgan fingerprint density at radius 1 is 1.53 bits per heavy atom. The van der Waals surface area contributed by atoms with Crippen LogP contribution in [0.15, 0.2) is 24.3 Å². The maximum absolute atomic E-state index is 11.3. The maximum Gasteiger partial charge on any atom is 0.294 e. The van der Waals surface area contributed by atoms with Crippen LogP contribution in [0.5, 0.6) is 0 Å². The molecule has 80 valence electrons. The molecule has 15 heavy (non-hydrogen) atoms. The predicted molar refractivity (Wildman–Crippen MR) is 55.1 cm³/mol. The summed E-state index contributed by atoms with van der Waals surface area (Å²) in [6.45, 7) is 1.64. The topological polar surface area (TPSA) is 89.5 Å². The highest BCUT2D eigenvalue weighted by molar-refractivity contribution is 5.94. The molecule has 1 rings (SSSR count). The summed E-state index contributed by atoms with van der Waals surface area (Å²) in [6, 6.07) is 5.85. The van der Waals surface area contributed by atoms with Crippen molar-refractivity contribution in [3.05, 3.63) is 34.4 Å². The van der Waals surface area contributed by atoms with Crippen molar-refractivity contribution in [2.24, 2.45) is 5.84 Å². The normalized spacial score (nSPS) is 9.73. The summed E-state index contributed by atoms with van der Waals surface area (Å²) in [5.41, 5.74) is -0.0730. The molecule has 0 atom stereocenters. The van der Waals surface area contributed by atoms with Crippen molar-refractivity contribution in [2.45, 2.75) is 13.3 Å². The van der Waals surface area contributed by atoms with Gasteiger partial charge in [0.05, 0.1) is 4.92 Å². The minimum atomic E-state index is -0.571. The zero-order valence-corrected chi connectivity index (χ0v) is 8.21. The number of carbonyl (C=O) groups excluding carboxylic acids is 1. The third-order valence-electron chi connectivity index (χ3n) is 1.91. The fourth-order valence-corrected chi connectivity index (χ4v) is 1.13. The van der Waals surface area contributed by atoms with Gasteiger partial charge in [0, 0.05) is 12.5 Å². The number of carbonyl (C=O) groups is 1. The molecule has 0 aliphatic carbocycles. The van der Waals surface area contributed by atoms with Crippen LogP contribution < -0.4 is 10.9 Å². The zero-order chi connectivity index (χ0) is 11.4. The highest BCUT2D eigenvalue weighted by Gasteiger charge is 2.19. The predicted octanol–water partition coefficient (Wildman–Crippen LogP) is 1.21. The molecule has 1 amide bonds. The third kappa shape index (κ3) is 2.29. The Kier molecular flexibility index (Phi) is 3.35. The van der Waals surface area contributed by atoms with Crippen molar-refractivity contribution >= 4 is 17.3 Å². The molecule has 0 aliphatic rings. The summed E-state index contributed by atoms with van der Waals surface area (Å²) in [4.78, 5) is 21.3. The molecule has 6 heteroatoms. The van der Waals surface area contributed by atoms with Crippen LogP contribution >= 0.6 is 0 Å². The zero-order valence-electron chi connectivity index (χ0n) is 8.21. The lowest BCUT2D eigenvalue weighted by Gasteiger charge is -2.15. The van der Waals surface area contributed by atoms with Gasteiger partial charge < -0.3 is 0 Å². The molecule has 0 aromatic heterocycles. The van der Waals surface area contributed by atoms with Gasteiger partial charge in [0.25, 0.3) is 5.69 Å². The number of hydrazine groups is 1. The maximum atomic E-state index is 11.3. The van der Waals surface area contributed by atoms with E-state index >= 15 is 0 Å². The molecule has 1 aromatic rings. The number of hydrogen-bond donors (Lipinski definition) is 1. The molecule has 0 radical (unpaired) electrons. The summed E-state index contributed by atoms with van der Waals surface area (Å²) >= 11 is 0. The number of nitro benzene ring substituents is 1. The molecule has 0 saturated heterocycles. The molecule has 6 nitrogen and oxygen atoms in total. The van der Waals surface area contributed by atoms with Crippen LogP contribution in [0, 0.1) is 10.1 Å². The molecule has 0 heterocycles. The molecule has 2 N–H and O–H groups in total. The Morgan fingerprint density at radius 3 is 2.67 bits per heavy atom. The SMILES string of the molecule is CCC(=O)N(N)c1ccccc1[N+](=O)[O-]. The number of amides is 1. The van der Waals surface area contributed by atoms with Crippen molar-refractivity contribution in [1.29, 1.82) is 0 Å². The van der Waals surface area contributed by atoms with E-state index in [1.807, 2.05) is 0 Å². The first-order valence-corrected chi connectivity index (χ1v) is 4.39. The molecule has 0 bridgehead atoms. The highest BCUT2D eigenvalue weighted by Crippen LogP contribution is 2.25. The average Bonchev–Trinajstić information content (AvgIpc) is 2.27. The van der Waals surface area contributed by atoms with Gasteiger partial charge >= 0.3 is 0 Å². The minimum absolute atomic E-state index is 0.106. The Bertz CT molecular complexity index is 392. The molecule has 0 aliphatic heterocycles. The number of nitro groups is 1. The first-order valence-electron chi connectivity index (χ1n) is 4.39. The van der Waals surface area contributed by atoms with E-state index < -0.39 is 4.92 Å². The highest BCUT2D eigenvalue weighted by atomic mass is 16.6. The van der Waals surface area contributed by atoms with Gasteiger partial charge in [-0.05, 0) is 6.07 Å². The van der Waals surface area contributed by atoms with Crippen LogP contribution in [-0.4, -0.2) is 10.8 Å². The quantitative estimate of drug-likeness (QED) is 0.350. The molecule has 0 spiro atoms. The van der Waals surface area contributed by atoms with Crippen LogP contribution in [-0.2, 0) is 4.79 Å². The smallest absolute Gasteiger partial charge is 0.273 e. The number of para-hydroxylation sites is 2. The molecule has 0 saturated carbocycles. The van der Waals surface area contributed by atoms with E-state index in [4.69, 9.17) is 5.84 Å². The standard InChI is InChI=1S/C9H11N3O3/c1-2-9(13)11(10)7-5-3-4-6-8(7)12(14)15/h3-6H,2,10H2,1H3. The van der Waals surface area contributed by atoms with Crippen molar-refractivity contribution in [3.8, 4) is 0 Å². The number of hydrogen-bond acceptors (Lipinski definition) is 4. The van der Waals surface area contributed by atoms with Crippen molar-refractivity contribution < 1.29 is 9.72 Å². The summed E-state index contributed by atoms with van der Waals surface area (Å²) in [7, 11) is 0. The summed E-state index contributed by atoms with van der Waals surface area (Å²) in [5.74, 6) is 5.10. The number of nitrogens with zero attached hydrogens (tertiary/aromatic N) is 2. The van der Waals surface area contributed by atoms with Gasteiger partial charge in [-0.15, -0.1) is 0 Å². The van der Waals surface area contributed by atoms with E-state index in [9.17, 15) is 14.9 Å². The third-order valence-corrected chi connectivity index (χ3v) is 1.91. The molecular formula is C9H11N3O3. The van der Waals surface area contributed by atoms with E-state index in [2.05, 4.69) is 0 Å². The average molecular weight is 209 g/mol. The Balaban J connectivity index is 3.13. The van der Waals surface area contributed by atoms with Gasteiger partial charge in [0.2, 0.25) is 5.91 Å². The Hall–Kier alpha value is -1.95. The second kappa shape index (κ2) is 4.52. The summed E-state index contributed by atoms with van der Waals surface area (Å²) in [5, 5.41) is 11.5. The number of anilines is 1. The van der Waals surface area contributed by atoms with Crippen molar-refractivity contribution in [1.82, 2.24) is 0 Å². The molecule has 0 unspecified atom stereocenters. The van der Waals surface area contributed by atoms with Gasteiger partial charge in [-0.25, -0.2) is 10.9 Å². The van der Waals surface area contributed by atoms with Crippen LogP contribution in [0.3, 0.4) is 0 Å². The van der Waals surface area contributed by atoms with E-state index in [0.29, 0.717) is 0 Å². The van der Waals surface area contributed by atoms with Crippen LogP contribution in [0.4, 0.5) is 11.4 Å². The van der Waals surface area contributed by atoms with E-state index in [0.717, 1.165) is 5.01 Å². The van der Waals surface area contributed by atoms with Crippen molar-refractivity contribution in [3.63, 3.8) is 0 Å². The second-order valence-electron chi connectivity index (χ2n) is 2.86. The Morgan fingerprint density at radius 2 is 2.13 bits per heavy atom. The lowest BCUT2D eigenvalue weighted by atomic mass is 10.2. The largest absolute Gasteiger partial charge is 0.294 e. The Labute approximate surface area is 86.4 Å².